The van der Waals surface area contributed by atoms with E-state index in [0.29, 0.717) is 36.8 Å². The summed E-state index contributed by atoms with van der Waals surface area (Å²) in [4.78, 5) is 25.1. The minimum Gasteiger partial charge on any atom is -0.425 e. The molecule has 6 heteroatoms. The molecule has 0 heterocycles. The van der Waals surface area contributed by atoms with Crippen LogP contribution in [0.25, 0.3) is 0 Å². The summed E-state index contributed by atoms with van der Waals surface area (Å²) in [5, 5.41) is 9.34. The summed E-state index contributed by atoms with van der Waals surface area (Å²) in [5.74, 6) is -0.554. The number of rotatable bonds is 31. The highest BCUT2D eigenvalue weighted by Crippen LogP contribution is 2.16. The predicted molar refractivity (Wildman–Crippen MR) is 172 cm³/mol. The lowest BCUT2D eigenvalue weighted by atomic mass is 10.1. The van der Waals surface area contributed by atoms with Gasteiger partial charge in [-0.25, -0.2) is 0 Å². The lowest BCUT2D eigenvalue weighted by Crippen LogP contribution is -2.44. The van der Waals surface area contributed by atoms with Gasteiger partial charge in [-0.15, -0.1) is 0 Å². The van der Waals surface area contributed by atoms with Gasteiger partial charge in [0.2, 0.25) is 0 Å². The Kier molecular flexibility index (Phi) is 28.2. The molecular formula is C35H70NO5+. The van der Waals surface area contributed by atoms with Crippen LogP contribution >= 0.6 is 0 Å². The average Bonchev–Trinajstić information content (AvgIpc) is 2.93. The third-order valence-corrected chi connectivity index (χ3v) is 8.17. The summed E-state index contributed by atoms with van der Waals surface area (Å²) in [6.07, 6.45) is 27.5. The summed E-state index contributed by atoms with van der Waals surface area (Å²) < 4.78 is 11.9. The van der Waals surface area contributed by atoms with Crippen LogP contribution in [0.4, 0.5) is 0 Å². The van der Waals surface area contributed by atoms with E-state index < -0.39 is 6.29 Å². The first kappa shape index (κ1) is 39.9. The number of unbranched alkanes of at least 4 members (excludes halogenated alkanes) is 20. The van der Waals surface area contributed by atoms with Gasteiger partial charge in [0, 0.05) is 12.8 Å². The number of carbonyl (C=O) groups is 2. The highest BCUT2D eigenvalue weighted by atomic mass is 16.7. The van der Waals surface area contributed by atoms with E-state index in [2.05, 4.69) is 13.8 Å². The second-order valence-electron chi connectivity index (χ2n) is 12.9. The quantitative estimate of drug-likeness (QED) is 0.0380. The molecule has 0 radical (unpaired) electrons. The predicted octanol–water partition coefficient (Wildman–Crippen LogP) is 9.26. The van der Waals surface area contributed by atoms with Crippen LogP contribution in [0.2, 0.25) is 0 Å². The lowest BCUT2D eigenvalue weighted by molar-refractivity contribution is -0.891. The van der Waals surface area contributed by atoms with Gasteiger partial charge in [-0.1, -0.05) is 142 Å². The molecule has 41 heavy (non-hydrogen) atoms. The molecule has 0 fully saturated rings. The Morgan fingerprint density at radius 2 is 0.854 bits per heavy atom. The van der Waals surface area contributed by atoms with Gasteiger partial charge in [-0.2, -0.15) is 0 Å². The largest absolute Gasteiger partial charge is 0.425 e. The van der Waals surface area contributed by atoms with Crippen LogP contribution in [-0.4, -0.2) is 61.6 Å². The van der Waals surface area contributed by atoms with E-state index in [1.807, 2.05) is 14.1 Å². The molecule has 0 saturated heterocycles. The van der Waals surface area contributed by atoms with E-state index in [1.54, 1.807) is 0 Å². The molecule has 0 amide bonds. The first-order valence-electron chi connectivity index (χ1n) is 17.7. The van der Waals surface area contributed by atoms with E-state index >= 15 is 0 Å². The molecule has 244 valence electrons. The van der Waals surface area contributed by atoms with Crippen molar-refractivity contribution in [1.82, 2.24) is 0 Å². The Morgan fingerprint density at radius 3 is 1.17 bits per heavy atom. The molecule has 0 aromatic carbocycles. The summed E-state index contributed by atoms with van der Waals surface area (Å²) in [5.41, 5.74) is 0. The normalized spacial score (nSPS) is 11.8. The molecule has 0 unspecified atom stereocenters. The zero-order chi connectivity index (χ0) is 30.4. The highest BCUT2D eigenvalue weighted by Gasteiger charge is 2.24. The number of ether oxygens (including phenoxy) is 2. The molecule has 0 aliphatic carbocycles. The second kappa shape index (κ2) is 29.0. The van der Waals surface area contributed by atoms with E-state index in [0.717, 1.165) is 38.5 Å². The summed E-state index contributed by atoms with van der Waals surface area (Å²) in [6, 6.07) is 0. The van der Waals surface area contributed by atoms with Crippen molar-refractivity contribution < 1.29 is 28.7 Å². The zero-order valence-corrected chi connectivity index (χ0v) is 27.9. The van der Waals surface area contributed by atoms with E-state index in [4.69, 9.17) is 9.47 Å². The molecule has 0 saturated carbocycles. The van der Waals surface area contributed by atoms with Crippen molar-refractivity contribution in [2.24, 2.45) is 0 Å². The number of quaternary nitrogens is 1. The van der Waals surface area contributed by atoms with Crippen LogP contribution in [0, 0.1) is 0 Å². The van der Waals surface area contributed by atoms with Gasteiger partial charge in [-0.05, 0) is 12.8 Å². The summed E-state index contributed by atoms with van der Waals surface area (Å²) in [7, 11) is 4.04. The Morgan fingerprint density at radius 1 is 0.537 bits per heavy atom. The second-order valence-corrected chi connectivity index (χ2v) is 12.9. The van der Waals surface area contributed by atoms with Crippen molar-refractivity contribution in [3.05, 3.63) is 0 Å². The van der Waals surface area contributed by atoms with Crippen LogP contribution in [0.5, 0.6) is 0 Å². The van der Waals surface area contributed by atoms with E-state index in [1.165, 1.54) is 103 Å². The zero-order valence-electron chi connectivity index (χ0n) is 27.9. The van der Waals surface area contributed by atoms with E-state index in [9.17, 15) is 14.7 Å². The van der Waals surface area contributed by atoms with Crippen molar-refractivity contribution in [1.29, 1.82) is 0 Å². The van der Waals surface area contributed by atoms with Gasteiger partial charge in [-0.3, -0.25) is 9.59 Å². The van der Waals surface area contributed by atoms with Crippen LogP contribution < -0.4 is 0 Å². The fourth-order valence-electron chi connectivity index (χ4n) is 5.26. The lowest BCUT2D eigenvalue weighted by Gasteiger charge is -2.30. The first-order chi connectivity index (χ1) is 19.8. The maximum atomic E-state index is 12.5. The minimum absolute atomic E-state index is 0.0922. The number of esters is 2. The number of hydrogen-bond donors (Lipinski definition) is 1. The van der Waals surface area contributed by atoms with Crippen LogP contribution in [-0.2, 0) is 19.1 Å². The van der Waals surface area contributed by atoms with Crippen molar-refractivity contribution >= 4 is 11.9 Å². The molecule has 0 aliphatic heterocycles. The molecule has 0 rings (SSSR count). The van der Waals surface area contributed by atoms with Crippen LogP contribution in [0.15, 0.2) is 0 Å². The van der Waals surface area contributed by atoms with Crippen LogP contribution in [0.3, 0.4) is 0 Å². The topological polar surface area (TPSA) is 72.8 Å². The third-order valence-electron chi connectivity index (χ3n) is 8.17. The first-order valence-corrected chi connectivity index (χ1v) is 17.7. The fraction of sp³-hybridized carbons (Fsp3) is 0.943. The van der Waals surface area contributed by atoms with Gasteiger partial charge >= 0.3 is 11.9 Å². The van der Waals surface area contributed by atoms with Gasteiger partial charge in [0.05, 0.1) is 33.7 Å². The van der Waals surface area contributed by atoms with Crippen molar-refractivity contribution in [3.8, 4) is 0 Å². The molecule has 6 nitrogen and oxygen atoms in total. The number of aliphatic hydroxyl groups is 1. The molecule has 0 aromatic heterocycles. The number of hydrogen-bond acceptors (Lipinski definition) is 5. The fourth-order valence-corrected chi connectivity index (χ4v) is 5.26. The van der Waals surface area contributed by atoms with Gasteiger partial charge in [0.25, 0.3) is 6.29 Å². The minimum atomic E-state index is -0.841. The number of carbonyl (C=O) groups excluding carboxylic acids is 2. The summed E-state index contributed by atoms with van der Waals surface area (Å²) >= 11 is 0. The molecule has 0 aliphatic rings. The Bertz CT molecular complexity index is 555. The highest BCUT2D eigenvalue weighted by molar-refractivity contribution is 5.71. The molecule has 0 aromatic rings. The summed E-state index contributed by atoms with van der Waals surface area (Å²) in [6.45, 7) is 5.86. The maximum Gasteiger partial charge on any atom is 0.308 e. The Labute approximate surface area is 254 Å². The SMILES string of the molecule is CCCCCCCCCCCCCC(=O)OC(CC[N+](C)(C)CCO)OC(=O)CCCCCCCCCCCCC. The monoisotopic (exact) mass is 585 g/mol. The molecule has 0 spiro atoms. The standard InChI is InChI=1S/C35H70NO5/c1-5-7-9-11-13-15-17-19-21-23-25-27-33(38)40-35(29-30-36(3,4)31-32-37)41-34(39)28-26-24-22-20-18-16-14-12-10-8-6-2/h35,37H,5-32H2,1-4H3/q+1. The van der Waals surface area contributed by atoms with Crippen LogP contribution in [0.1, 0.15) is 174 Å². The molecular weight excluding hydrogens is 514 g/mol. The Hall–Kier alpha value is -1.14. The van der Waals surface area contributed by atoms with Gasteiger partial charge in [0.1, 0.15) is 6.54 Å². The molecule has 0 atom stereocenters. The van der Waals surface area contributed by atoms with Crippen molar-refractivity contribution in [2.45, 2.75) is 181 Å². The number of aliphatic hydroxyl groups excluding tert-OH is 1. The molecule has 0 bridgehead atoms. The van der Waals surface area contributed by atoms with E-state index in [-0.39, 0.29) is 18.5 Å². The third kappa shape index (κ3) is 28.7. The Balaban J connectivity index is 4.21. The smallest absolute Gasteiger partial charge is 0.308 e. The van der Waals surface area contributed by atoms with Gasteiger partial charge in [0.15, 0.2) is 0 Å². The maximum absolute atomic E-state index is 12.5. The van der Waals surface area contributed by atoms with Crippen molar-refractivity contribution in [3.63, 3.8) is 0 Å². The van der Waals surface area contributed by atoms with Crippen molar-refractivity contribution in [2.75, 3.05) is 33.8 Å². The molecule has 1 N–H and O–H groups in total. The average molecular weight is 585 g/mol. The number of likely N-dealkylation sites (N-methyl/N-ethyl adjacent to an activating group) is 1. The number of nitrogens with zero attached hydrogens (tertiary/aromatic N) is 1. The van der Waals surface area contributed by atoms with Gasteiger partial charge < -0.3 is 19.1 Å².